The number of amides is 1. The molecule has 8 rings (SSSR count). The standard InChI is InChI=1S/C56H83N9O11S/c1-37(2)43-31-42(12-13-45(43)58-46(53-47(74-5)10-7-11-48(53)75-6)32-44(57)54-59-56(55(73)76-54)40-27-38-26-39(29-40)30-41(56)28-38)77-25-9-15-60(3)14-8-16-61(4)49(66)33-62-17-19-63(34-50(67)68)21-23-65(36-52(71)72)24-22-64(20-18-62)35-51(69)70/h7,10-13,31-32,37-41,50,57-58,67-68H,8-9,14-30,33-36H2,1-6H3,(H,69,70)(H,71,72)/b46-32-,57-44?. The molecule has 1 saturated heterocycles. The van der Waals surface area contributed by atoms with Crippen LogP contribution < -0.4 is 14.8 Å². The van der Waals surface area contributed by atoms with Crippen molar-refractivity contribution in [2.45, 2.75) is 81.4 Å². The molecule has 6 aliphatic rings. The molecule has 0 radical (unpaired) electrons. The number of aliphatic imine (C=N–C) groups is 1. The van der Waals surface area contributed by atoms with E-state index in [9.17, 15) is 45.0 Å². The van der Waals surface area contributed by atoms with Gasteiger partial charge in [-0.3, -0.25) is 39.4 Å². The molecule has 1 amide bonds. The Morgan fingerprint density at radius 1 is 0.818 bits per heavy atom. The van der Waals surface area contributed by atoms with Gasteiger partial charge in [-0.1, -0.05) is 19.9 Å². The van der Waals surface area contributed by atoms with Crippen LogP contribution in [0.2, 0.25) is 0 Å². The van der Waals surface area contributed by atoms with Gasteiger partial charge in [0, 0.05) is 83.1 Å². The molecule has 4 aliphatic carbocycles. The number of aliphatic hydroxyl groups excluding tert-OH is 1. The summed E-state index contributed by atoms with van der Waals surface area (Å²) in [4.78, 5) is 68.1. The second-order valence-electron chi connectivity index (χ2n) is 22.0. The fourth-order valence-corrected chi connectivity index (χ4v) is 13.2. The van der Waals surface area contributed by atoms with Crippen molar-refractivity contribution in [3.05, 3.63) is 53.6 Å². The summed E-state index contributed by atoms with van der Waals surface area (Å²) in [5, 5.41) is 51.6. The number of carbonyl (C=O) groups is 4. The predicted molar refractivity (Wildman–Crippen MR) is 297 cm³/mol. The van der Waals surface area contributed by atoms with E-state index < -0.39 is 23.8 Å². The minimum Gasteiger partial charge on any atom is -0.496 e. The monoisotopic (exact) mass is 1090 g/mol. The van der Waals surface area contributed by atoms with Gasteiger partial charge in [0.15, 0.2) is 11.8 Å². The highest BCUT2D eigenvalue weighted by Crippen LogP contribution is 2.61. The average Bonchev–Trinajstić information content (AvgIpc) is 3.73. The van der Waals surface area contributed by atoms with Crippen molar-refractivity contribution < 1.29 is 53.8 Å². The summed E-state index contributed by atoms with van der Waals surface area (Å²) in [6.07, 6.45) is 7.06. The van der Waals surface area contributed by atoms with Crippen LogP contribution in [0.1, 0.15) is 75.8 Å². The molecule has 6 N–H and O–H groups in total. The van der Waals surface area contributed by atoms with Crippen LogP contribution in [0.5, 0.6) is 11.5 Å². The SMILES string of the molecule is COc1cccc(OC)c1/C(=C/C(=N)C1=NC2(C(=O)O1)C1CC3CC(C1)CC2C3)Nc1ccc(SCCCN(C)CCCN(C)C(=O)CN2CCN(CC(=O)O)CCN(CC(=O)O)CCN(CC(O)O)CC2)cc1C(C)C. The van der Waals surface area contributed by atoms with Crippen LogP contribution in [0.3, 0.4) is 0 Å². The maximum absolute atomic E-state index is 13.8. The van der Waals surface area contributed by atoms with E-state index in [2.05, 4.69) is 49.3 Å². The predicted octanol–water partition coefficient (Wildman–Crippen LogP) is 4.41. The second-order valence-corrected chi connectivity index (χ2v) is 23.2. The van der Waals surface area contributed by atoms with E-state index in [1.54, 1.807) is 53.8 Å². The summed E-state index contributed by atoms with van der Waals surface area (Å²) >= 11 is 1.79. The third-order valence-corrected chi connectivity index (χ3v) is 17.2. The number of thioether (sulfide) groups is 1. The van der Waals surface area contributed by atoms with Gasteiger partial charge in [0.05, 0.1) is 45.1 Å². The molecule has 21 heteroatoms. The van der Waals surface area contributed by atoms with Crippen molar-refractivity contribution in [3.8, 4) is 11.5 Å². The minimum absolute atomic E-state index is 0.000175. The molecule has 0 atom stereocenters. The number of hydrogen-bond acceptors (Lipinski definition) is 18. The number of β-amino-alcohol motifs (C(OH)–C–C–N with tert-alkyl or cyclic N) is 2. The van der Waals surface area contributed by atoms with Gasteiger partial charge in [-0.05, 0) is 142 Å². The van der Waals surface area contributed by atoms with Crippen molar-refractivity contribution in [1.82, 2.24) is 29.4 Å². The maximum Gasteiger partial charge on any atom is 0.341 e. The molecule has 0 unspecified atom stereocenters. The number of esters is 1. The summed E-state index contributed by atoms with van der Waals surface area (Å²) in [6.45, 7) is 9.20. The van der Waals surface area contributed by atoms with Gasteiger partial charge in [-0.15, -0.1) is 11.8 Å². The first-order valence-corrected chi connectivity index (χ1v) is 28.3. The number of nitrogens with zero attached hydrogens (tertiary/aromatic N) is 7. The number of likely N-dealkylation sites (N-methyl/N-ethyl adjacent to an activating group) is 1. The lowest BCUT2D eigenvalue weighted by molar-refractivity contribution is -0.153. The first-order valence-electron chi connectivity index (χ1n) is 27.3. The number of carboxylic acid groups (broad SMARTS) is 2. The zero-order chi connectivity index (χ0) is 55.4. The van der Waals surface area contributed by atoms with E-state index in [-0.39, 0.29) is 67.4 Å². The molecule has 4 saturated carbocycles. The number of methoxy groups -OCH3 is 2. The second kappa shape index (κ2) is 27.6. The number of aliphatic carboxylic acids is 2. The molecule has 424 valence electrons. The average molecular weight is 1090 g/mol. The van der Waals surface area contributed by atoms with Crippen molar-refractivity contribution in [2.24, 2.45) is 28.7 Å². The number of cyclic esters (lactones) is 1. The highest BCUT2D eigenvalue weighted by atomic mass is 32.2. The number of rotatable bonds is 25. The Morgan fingerprint density at radius 3 is 1.90 bits per heavy atom. The molecule has 1 spiro atoms. The van der Waals surface area contributed by atoms with Gasteiger partial charge in [-0.2, -0.15) is 0 Å². The fourth-order valence-electron chi connectivity index (χ4n) is 12.3. The molecular weight excluding hydrogens is 1010 g/mol. The molecule has 2 aromatic carbocycles. The first-order chi connectivity index (χ1) is 36.8. The smallest absolute Gasteiger partial charge is 0.341 e. The summed E-state index contributed by atoms with van der Waals surface area (Å²) in [6, 6.07) is 12.0. The Labute approximate surface area is 458 Å². The van der Waals surface area contributed by atoms with Crippen molar-refractivity contribution >= 4 is 58.6 Å². The fraction of sp³-hybridized carbons (Fsp3) is 0.643. The van der Waals surface area contributed by atoms with Crippen LogP contribution in [0.25, 0.3) is 5.70 Å². The van der Waals surface area contributed by atoms with Crippen LogP contribution >= 0.6 is 11.8 Å². The normalized spacial score (nSPS) is 23.8. The minimum atomic E-state index is -1.58. The molecule has 2 aromatic rings. The largest absolute Gasteiger partial charge is 0.496 e. The van der Waals surface area contributed by atoms with E-state index in [1.807, 2.05) is 28.0 Å². The number of anilines is 1. The number of carbonyl (C=O) groups excluding carboxylic acids is 2. The first kappa shape index (κ1) is 59.5. The summed E-state index contributed by atoms with van der Waals surface area (Å²) in [7, 11) is 7.09. The summed E-state index contributed by atoms with van der Waals surface area (Å²) < 4.78 is 17.7. The Kier molecular flexibility index (Phi) is 21.4. The van der Waals surface area contributed by atoms with Gasteiger partial charge >= 0.3 is 17.9 Å². The highest BCUT2D eigenvalue weighted by molar-refractivity contribution is 7.99. The van der Waals surface area contributed by atoms with Gasteiger partial charge < -0.3 is 49.8 Å². The van der Waals surface area contributed by atoms with Crippen LogP contribution in [-0.2, 0) is 23.9 Å². The number of nitrogens with one attached hydrogen (secondary N) is 2. The van der Waals surface area contributed by atoms with Crippen LogP contribution in [0, 0.1) is 29.1 Å². The molecular formula is C56H83N9O11S. The van der Waals surface area contributed by atoms with Gasteiger partial charge in [0.25, 0.3) is 0 Å². The molecule has 0 aromatic heterocycles. The van der Waals surface area contributed by atoms with Crippen LogP contribution in [0.4, 0.5) is 5.69 Å². The van der Waals surface area contributed by atoms with E-state index in [0.29, 0.717) is 93.5 Å². The number of aliphatic hydroxyl groups is 2. The summed E-state index contributed by atoms with van der Waals surface area (Å²) in [5.74, 6) is 1.50. The van der Waals surface area contributed by atoms with Gasteiger partial charge in [0.2, 0.25) is 11.8 Å². The van der Waals surface area contributed by atoms with E-state index >= 15 is 0 Å². The number of carboxylic acids is 2. The third-order valence-electron chi connectivity index (χ3n) is 16.2. The maximum atomic E-state index is 13.8. The Morgan fingerprint density at radius 2 is 1.36 bits per heavy atom. The third kappa shape index (κ3) is 15.8. The number of hydrogen-bond donors (Lipinski definition) is 6. The van der Waals surface area contributed by atoms with Crippen molar-refractivity contribution in [2.75, 3.05) is 138 Å². The number of ether oxygens (including phenoxy) is 3. The highest BCUT2D eigenvalue weighted by Gasteiger charge is 2.64. The molecule has 4 bridgehead atoms. The van der Waals surface area contributed by atoms with E-state index in [1.165, 1.54) is 6.42 Å². The number of benzene rings is 2. The van der Waals surface area contributed by atoms with Gasteiger partial charge in [-0.25, -0.2) is 9.79 Å². The van der Waals surface area contributed by atoms with E-state index in [0.717, 1.165) is 73.5 Å². The molecule has 2 aliphatic heterocycles. The van der Waals surface area contributed by atoms with Crippen molar-refractivity contribution in [1.29, 1.82) is 5.41 Å². The lowest BCUT2D eigenvalue weighted by Crippen LogP contribution is -2.59. The molecule has 20 nitrogen and oxygen atoms in total. The Hall–Kier alpha value is -5.13. The van der Waals surface area contributed by atoms with Gasteiger partial charge in [0.1, 0.15) is 17.2 Å². The topological polar surface area (TPSA) is 245 Å². The Bertz CT molecular complexity index is 2400. The lowest BCUT2D eigenvalue weighted by Gasteiger charge is -2.56. The van der Waals surface area contributed by atoms with Crippen LogP contribution in [-0.4, -0.2) is 229 Å². The zero-order valence-electron chi connectivity index (χ0n) is 46.0. The van der Waals surface area contributed by atoms with Crippen molar-refractivity contribution in [3.63, 3.8) is 0 Å². The van der Waals surface area contributed by atoms with E-state index in [4.69, 9.17) is 19.2 Å². The molecule has 2 heterocycles. The van der Waals surface area contributed by atoms with Crippen LogP contribution in [0.15, 0.2) is 52.4 Å². The Balaban J connectivity index is 0.921. The lowest BCUT2D eigenvalue weighted by atomic mass is 9.49. The summed E-state index contributed by atoms with van der Waals surface area (Å²) in [5.41, 5.74) is 2.24. The quantitative estimate of drug-likeness (QED) is 0.0265. The zero-order valence-corrected chi connectivity index (χ0v) is 46.8. The molecule has 77 heavy (non-hydrogen) atoms. The molecule has 5 fully saturated rings.